The van der Waals surface area contributed by atoms with Gasteiger partial charge in [-0.1, -0.05) is 59.9 Å². The number of anilines is 1. The summed E-state index contributed by atoms with van der Waals surface area (Å²) < 4.78 is 4.82. The molecule has 7 nitrogen and oxygen atoms in total. The molecule has 0 atom stereocenters. The molecule has 0 aliphatic rings. The number of amides is 1. The number of thiazole rings is 1. The summed E-state index contributed by atoms with van der Waals surface area (Å²) in [7, 11) is 1.30. The second-order valence-electron chi connectivity index (χ2n) is 5.63. The third kappa shape index (κ3) is 3.18. The molecule has 2 heterocycles. The molecule has 8 heteroatoms. The lowest BCUT2D eigenvalue weighted by atomic mass is 10.1. The predicted molar refractivity (Wildman–Crippen MR) is 103 cm³/mol. The smallest absolute Gasteiger partial charge is 0.358 e. The van der Waals surface area contributed by atoms with Crippen molar-refractivity contribution in [2.75, 3.05) is 12.4 Å². The highest BCUT2D eigenvalue weighted by Crippen LogP contribution is 2.33. The Morgan fingerprint density at radius 1 is 1.04 bits per heavy atom. The number of rotatable bonds is 4. The molecule has 0 fully saturated rings. The Morgan fingerprint density at radius 3 is 2.56 bits per heavy atom. The number of aromatic nitrogens is 3. The summed E-state index contributed by atoms with van der Waals surface area (Å²) in [4.78, 5) is 29.6. The van der Waals surface area contributed by atoms with E-state index in [-0.39, 0.29) is 11.4 Å². The van der Waals surface area contributed by atoms with Crippen molar-refractivity contribution < 1.29 is 14.3 Å². The van der Waals surface area contributed by atoms with Gasteiger partial charge < -0.3 is 4.74 Å². The van der Waals surface area contributed by atoms with Gasteiger partial charge in [-0.25, -0.2) is 9.78 Å². The van der Waals surface area contributed by atoms with Crippen LogP contribution in [0.15, 0.2) is 54.6 Å². The lowest BCUT2D eigenvalue weighted by Gasteiger charge is -1.99. The fourth-order valence-electron chi connectivity index (χ4n) is 2.69. The number of carbonyl (C=O) groups is 2. The van der Waals surface area contributed by atoms with Gasteiger partial charge in [-0.3, -0.25) is 15.2 Å². The first-order valence-electron chi connectivity index (χ1n) is 8.06. The lowest BCUT2D eigenvalue weighted by molar-refractivity contribution is 0.0595. The largest absolute Gasteiger partial charge is 0.464 e. The van der Waals surface area contributed by atoms with Crippen molar-refractivity contribution in [1.29, 1.82) is 0 Å². The highest BCUT2D eigenvalue weighted by atomic mass is 32.1. The molecule has 134 valence electrons. The van der Waals surface area contributed by atoms with Crippen LogP contribution in [0.1, 0.15) is 21.0 Å². The Morgan fingerprint density at radius 2 is 1.78 bits per heavy atom. The van der Waals surface area contributed by atoms with E-state index in [9.17, 15) is 9.59 Å². The highest BCUT2D eigenvalue weighted by molar-refractivity contribution is 7.19. The van der Waals surface area contributed by atoms with Crippen LogP contribution >= 0.6 is 11.3 Å². The van der Waals surface area contributed by atoms with Crippen LogP contribution in [0.2, 0.25) is 0 Å². The van der Waals surface area contributed by atoms with Gasteiger partial charge in [0.15, 0.2) is 16.5 Å². The number of benzene rings is 2. The van der Waals surface area contributed by atoms with Gasteiger partial charge in [0.1, 0.15) is 0 Å². The number of nitrogens with one attached hydrogen (secondary N) is 2. The summed E-state index contributed by atoms with van der Waals surface area (Å²) in [6.07, 6.45) is 0. The van der Waals surface area contributed by atoms with Crippen molar-refractivity contribution in [2.24, 2.45) is 0 Å². The maximum Gasteiger partial charge on any atom is 0.358 e. The standard InChI is InChI=1S/C19H14N4O3S/c1-26-18(25)15-16(11-7-3-2-4-8-11)27-19(20-15)21-17(24)14-12-9-5-6-10-13(12)22-23-14/h2-10H,1H3,(H,22,23)(H,20,21,24). The predicted octanol–water partition coefficient (Wildman–Crippen LogP) is 3.73. The zero-order valence-electron chi connectivity index (χ0n) is 14.2. The van der Waals surface area contributed by atoms with Gasteiger partial charge in [-0.05, 0) is 11.6 Å². The van der Waals surface area contributed by atoms with E-state index in [2.05, 4.69) is 20.5 Å². The molecule has 2 N–H and O–H groups in total. The lowest BCUT2D eigenvalue weighted by Crippen LogP contribution is -2.13. The van der Waals surface area contributed by atoms with E-state index in [0.717, 1.165) is 11.1 Å². The van der Waals surface area contributed by atoms with E-state index < -0.39 is 11.9 Å². The first kappa shape index (κ1) is 16.9. The minimum Gasteiger partial charge on any atom is -0.464 e. The number of hydrogen-bond donors (Lipinski definition) is 2. The molecule has 1 amide bonds. The molecule has 0 aliphatic heterocycles. The topological polar surface area (TPSA) is 97.0 Å². The van der Waals surface area contributed by atoms with Crippen molar-refractivity contribution in [1.82, 2.24) is 15.2 Å². The van der Waals surface area contributed by atoms with Crippen molar-refractivity contribution in [3.63, 3.8) is 0 Å². The summed E-state index contributed by atoms with van der Waals surface area (Å²) in [6.45, 7) is 0. The number of ether oxygens (including phenoxy) is 1. The number of nitrogens with zero attached hydrogens (tertiary/aromatic N) is 2. The SMILES string of the molecule is COC(=O)c1nc(NC(=O)c2n[nH]c3ccccc23)sc1-c1ccccc1. The summed E-state index contributed by atoms with van der Waals surface area (Å²) in [5.74, 6) is -0.965. The van der Waals surface area contributed by atoms with E-state index in [1.807, 2.05) is 54.6 Å². The average Bonchev–Trinajstić information content (AvgIpc) is 3.32. The van der Waals surface area contributed by atoms with Gasteiger partial charge in [0.25, 0.3) is 5.91 Å². The molecule has 0 spiro atoms. The van der Waals surface area contributed by atoms with Crippen LogP contribution in [0.3, 0.4) is 0 Å². The fourth-order valence-corrected chi connectivity index (χ4v) is 3.64. The van der Waals surface area contributed by atoms with Crippen LogP contribution < -0.4 is 5.32 Å². The quantitative estimate of drug-likeness (QED) is 0.528. The Balaban J connectivity index is 1.69. The van der Waals surface area contributed by atoms with Crippen LogP contribution in [0.4, 0.5) is 5.13 Å². The summed E-state index contributed by atoms with van der Waals surface area (Å²) in [6, 6.07) is 16.7. The van der Waals surface area contributed by atoms with Gasteiger partial charge in [-0.2, -0.15) is 5.10 Å². The number of aromatic amines is 1. The van der Waals surface area contributed by atoms with Crippen molar-refractivity contribution >= 4 is 39.2 Å². The molecule has 0 unspecified atom stereocenters. The molecular formula is C19H14N4O3S. The Bertz CT molecular complexity index is 1130. The molecule has 2 aromatic carbocycles. The van der Waals surface area contributed by atoms with E-state index in [4.69, 9.17) is 4.74 Å². The van der Waals surface area contributed by atoms with E-state index >= 15 is 0 Å². The number of hydrogen-bond acceptors (Lipinski definition) is 6. The molecule has 27 heavy (non-hydrogen) atoms. The summed E-state index contributed by atoms with van der Waals surface area (Å²) in [5.41, 5.74) is 2.01. The Kier molecular flexibility index (Phi) is 4.39. The van der Waals surface area contributed by atoms with Gasteiger partial charge in [0.2, 0.25) is 0 Å². The number of para-hydroxylation sites is 1. The minimum atomic E-state index is -0.559. The van der Waals surface area contributed by atoms with Gasteiger partial charge in [-0.15, -0.1) is 0 Å². The zero-order valence-corrected chi connectivity index (χ0v) is 15.0. The zero-order chi connectivity index (χ0) is 18.8. The first-order valence-corrected chi connectivity index (χ1v) is 8.88. The first-order chi connectivity index (χ1) is 13.2. The Hall–Kier alpha value is -3.52. The van der Waals surface area contributed by atoms with Crippen LogP contribution in [-0.4, -0.2) is 34.2 Å². The summed E-state index contributed by atoms with van der Waals surface area (Å²) in [5, 5.41) is 10.6. The van der Waals surface area contributed by atoms with Crippen LogP contribution in [0.25, 0.3) is 21.3 Å². The molecule has 4 rings (SSSR count). The highest BCUT2D eigenvalue weighted by Gasteiger charge is 2.22. The second-order valence-corrected chi connectivity index (χ2v) is 6.63. The van der Waals surface area contributed by atoms with Crippen molar-refractivity contribution in [3.8, 4) is 10.4 Å². The molecule has 0 radical (unpaired) electrons. The third-order valence-electron chi connectivity index (χ3n) is 3.95. The monoisotopic (exact) mass is 378 g/mol. The van der Waals surface area contributed by atoms with Gasteiger partial charge >= 0.3 is 5.97 Å². The number of carbonyl (C=O) groups excluding carboxylic acids is 2. The molecular weight excluding hydrogens is 364 g/mol. The van der Waals surface area contributed by atoms with Crippen LogP contribution in [0.5, 0.6) is 0 Å². The van der Waals surface area contributed by atoms with Crippen molar-refractivity contribution in [2.45, 2.75) is 0 Å². The van der Waals surface area contributed by atoms with Crippen LogP contribution in [-0.2, 0) is 4.74 Å². The number of H-pyrrole nitrogens is 1. The normalized spacial score (nSPS) is 10.7. The molecule has 0 bridgehead atoms. The van der Waals surface area contributed by atoms with Gasteiger partial charge in [0.05, 0.1) is 17.5 Å². The molecule has 0 saturated heterocycles. The second kappa shape index (κ2) is 7.00. The number of fused-ring (bicyclic) bond motifs is 1. The minimum absolute atomic E-state index is 0.163. The molecule has 0 aliphatic carbocycles. The average molecular weight is 378 g/mol. The van der Waals surface area contributed by atoms with Gasteiger partial charge in [0, 0.05) is 5.39 Å². The van der Waals surface area contributed by atoms with Crippen molar-refractivity contribution in [3.05, 3.63) is 66.0 Å². The summed E-state index contributed by atoms with van der Waals surface area (Å²) >= 11 is 1.21. The Labute approximate surface area is 158 Å². The molecule has 2 aromatic heterocycles. The van der Waals surface area contributed by atoms with E-state index in [0.29, 0.717) is 15.4 Å². The third-order valence-corrected chi connectivity index (χ3v) is 4.97. The fraction of sp³-hybridized carbons (Fsp3) is 0.0526. The maximum absolute atomic E-state index is 12.6. The molecule has 0 saturated carbocycles. The molecule has 4 aromatic rings. The number of methoxy groups -OCH3 is 1. The van der Waals surface area contributed by atoms with Crippen LogP contribution in [0, 0.1) is 0 Å². The number of esters is 1. The van der Waals surface area contributed by atoms with E-state index in [1.54, 1.807) is 0 Å². The van der Waals surface area contributed by atoms with E-state index in [1.165, 1.54) is 18.4 Å². The maximum atomic E-state index is 12.6.